The molecule has 0 aromatic carbocycles. The minimum atomic E-state index is -1.52. The van der Waals surface area contributed by atoms with Gasteiger partial charge in [-0.15, -0.1) is 0 Å². The molecule has 0 saturated carbocycles. The summed E-state index contributed by atoms with van der Waals surface area (Å²) in [6, 6.07) is -1.70. The summed E-state index contributed by atoms with van der Waals surface area (Å²) >= 11 is 0. The number of carboxylic acids is 4. The highest BCUT2D eigenvalue weighted by molar-refractivity contribution is 8.76. The summed E-state index contributed by atoms with van der Waals surface area (Å²) in [5.74, 6) is -6.12. The fraction of sp³-hybridized carbons (Fsp3) is 0.700. The van der Waals surface area contributed by atoms with Crippen LogP contribution in [0.25, 0.3) is 0 Å². The number of Topliss-reactive ketones (excluding diaryl/α,β-unsaturated/α-hetero) is 1. The number of carbonyl (C=O) groups excluding carboxylic acids is 8. The number of carboxylic acid groups (broad SMARTS) is 4. The number of carbonyl (C=O) groups is 9. The number of rotatable bonds is 32. The second-order valence-corrected chi connectivity index (χ2v) is 13.8. The van der Waals surface area contributed by atoms with Crippen LogP contribution in [0.3, 0.4) is 0 Å². The van der Waals surface area contributed by atoms with Gasteiger partial charge in [-0.3, -0.25) is 33.8 Å². The third-order valence-electron chi connectivity index (χ3n) is 6.95. The Kier molecular flexibility index (Phi) is 30.6. The van der Waals surface area contributed by atoms with Crippen LogP contribution in [-0.2, 0) is 43.2 Å². The highest BCUT2D eigenvalue weighted by Gasteiger charge is 2.24. The van der Waals surface area contributed by atoms with E-state index >= 15 is 0 Å². The number of aliphatic carboxylic acids is 4. The van der Waals surface area contributed by atoms with Crippen LogP contribution in [0.15, 0.2) is 0 Å². The Labute approximate surface area is 315 Å². The predicted molar refractivity (Wildman–Crippen MR) is 184 cm³/mol. The van der Waals surface area contributed by atoms with Crippen LogP contribution < -0.4 is 41.7 Å². The molecule has 0 saturated heterocycles. The average Bonchev–Trinajstić information content (AvgIpc) is 3.08. The van der Waals surface area contributed by atoms with Gasteiger partial charge in [0.15, 0.2) is 5.78 Å². The molecule has 21 nitrogen and oxygen atoms in total. The molecule has 2 unspecified atom stereocenters. The quantitative estimate of drug-likeness (QED) is 0.0240. The molecule has 0 aliphatic rings. The second kappa shape index (κ2) is 31.6. The molecule has 3 amide bonds. The molecule has 2 atom stereocenters. The number of hydrogen-bond acceptors (Lipinski definition) is 19. The van der Waals surface area contributed by atoms with Crippen molar-refractivity contribution >= 4 is 75.8 Å². The third-order valence-corrected chi connectivity index (χ3v) is 9.36. The van der Waals surface area contributed by atoms with E-state index in [0.717, 1.165) is 4.90 Å². The van der Waals surface area contributed by atoms with Crippen molar-refractivity contribution in [1.82, 2.24) is 36.0 Å². The van der Waals surface area contributed by atoms with Gasteiger partial charge in [-0.2, -0.15) is 0 Å². The number of nitrogens with zero attached hydrogens (tertiary/aromatic N) is 3. The highest BCUT2D eigenvalue weighted by Crippen LogP contribution is 2.19. The first kappa shape index (κ1) is 51.2. The standard InChI is InChI=1S/C29H50N7O13S2.CH2O/c1-20(38)21(33-29(49)22(30-2)4-6-25(41)42)3-5-23(39)31-7-13-50-51-14-8-32-24(40)15-36(19-37)12-10-34(16-26(43)44)9-11-35(17-27(45)46)18-28(47)48;1-2/h21-22,30H,3-19H2,1-2H3,(H,31,39)(H,32,40)(H,33,49)(H,41,42)(H,43,44)(H,45,46)(H,47,48);1H2/q-1;/p-3. The molecule has 5 N–H and O–H groups in total. The van der Waals surface area contributed by atoms with Crippen molar-refractivity contribution in [2.75, 3.05) is 90.7 Å². The molecule has 53 heavy (non-hydrogen) atoms. The summed E-state index contributed by atoms with van der Waals surface area (Å²) in [7, 11) is 4.37. The maximum Gasteiger partial charge on any atom is 0.303 e. The fourth-order valence-electron chi connectivity index (χ4n) is 4.32. The zero-order valence-electron chi connectivity index (χ0n) is 29.8. The molecule has 304 valence electrons. The van der Waals surface area contributed by atoms with Gasteiger partial charge >= 0.3 is 5.97 Å². The van der Waals surface area contributed by atoms with Crippen molar-refractivity contribution in [2.45, 2.75) is 44.7 Å². The molecule has 0 bridgehead atoms. The van der Waals surface area contributed by atoms with Crippen molar-refractivity contribution in [2.24, 2.45) is 0 Å². The monoisotopic (exact) mass is 795 g/mol. The predicted octanol–water partition coefficient (Wildman–Crippen LogP) is -7.80. The van der Waals surface area contributed by atoms with E-state index in [2.05, 4.69) is 21.3 Å². The summed E-state index contributed by atoms with van der Waals surface area (Å²) in [5.41, 5.74) is 0. The summed E-state index contributed by atoms with van der Waals surface area (Å²) in [6.45, 7) is 0.668. The van der Waals surface area contributed by atoms with E-state index in [0.29, 0.717) is 18.1 Å². The first-order valence-corrected chi connectivity index (χ1v) is 18.7. The number of ketones is 1. The highest BCUT2D eigenvalue weighted by atomic mass is 33.1. The first-order chi connectivity index (χ1) is 25.1. The van der Waals surface area contributed by atoms with Gasteiger partial charge < -0.3 is 70.9 Å². The van der Waals surface area contributed by atoms with Crippen LogP contribution in [0, 0.1) is 0 Å². The van der Waals surface area contributed by atoms with Crippen molar-refractivity contribution in [1.29, 1.82) is 0 Å². The third kappa shape index (κ3) is 29.3. The summed E-state index contributed by atoms with van der Waals surface area (Å²) in [6.07, 6.45) is -0.131. The lowest BCUT2D eigenvalue weighted by Crippen LogP contribution is -2.50. The van der Waals surface area contributed by atoms with Crippen LogP contribution in [0.5, 0.6) is 0 Å². The number of hydrogen-bond donors (Lipinski definition) is 5. The molecule has 0 fully saturated rings. The lowest BCUT2D eigenvalue weighted by atomic mass is 10.1. The lowest BCUT2D eigenvalue weighted by molar-refractivity contribution is -0.400. The largest absolute Gasteiger partial charge is 0.843 e. The Balaban J connectivity index is 0. The van der Waals surface area contributed by atoms with E-state index in [1.54, 1.807) is 0 Å². The summed E-state index contributed by atoms with van der Waals surface area (Å²) in [4.78, 5) is 104. The van der Waals surface area contributed by atoms with Gasteiger partial charge in [-0.1, -0.05) is 28.3 Å². The zero-order chi connectivity index (χ0) is 40.8. The molecule has 0 radical (unpaired) electrons. The van der Waals surface area contributed by atoms with Crippen LogP contribution in [0.4, 0.5) is 0 Å². The SMILES string of the molecule is C=O.CNC(CCC(=O)O)C(=O)NC(CCC(=O)NCCSSCCNC(=O)CN(C[O-])CCN(CCN(CC(=O)[O-])CC(=O)[O-])CC(=O)[O-])C(C)=O. The Morgan fingerprint density at radius 3 is 1.58 bits per heavy atom. The number of nitrogens with one attached hydrogen (secondary N) is 4. The van der Waals surface area contributed by atoms with E-state index in [9.17, 15) is 58.8 Å². The van der Waals surface area contributed by atoms with Crippen molar-refractivity contribution < 1.29 is 68.7 Å². The maximum atomic E-state index is 12.4. The summed E-state index contributed by atoms with van der Waals surface area (Å²) < 4.78 is 0. The van der Waals surface area contributed by atoms with Crippen LogP contribution in [0.1, 0.15) is 32.6 Å². The molecule has 0 aromatic rings. The number of amides is 3. The number of likely N-dealkylation sites (N-methyl/N-ethyl adjacent to an activating group) is 1. The Morgan fingerprint density at radius 1 is 0.679 bits per heavy atom. The maximum absolute atomic E-state index is 12.4. The minimum Gasteiger partial charge on any atom is -0.843 e. The van der Waals surface area contributed by atoms with Crippen molar-refractivity contribution in [3.05, 3.63) is 0 Å². The first-order valence-electron chi connectivity index (χ1n) is 16.2. The Hall–Kier alpha value is -3.87. The zero-order valence-corrected chi connectivity index (χ0v) is 31.4. The fourth-order valence-corrected chi connectivity index (χ4v) is 6.13. The molecule has 0 aliphatic heterocycles. The topological polar surface area (TPSA) is 324 Å². The van der Waals surface area contributed by atoms with Gasteiger partial charge in [-0.25, -0.2) is 0 Å². The lowest BCUT2D eigenvalue weighted by Gasteiger charge is -2.31. The van der Waals surface area contributed by atoms with Crippen LogP contribution in [-0.4, -0.2) is 177 Å². The molecular weight excluding hydrogens is 746 g/mol. The van der Waals surface area contributed by atoms with Gasteiger partial charge in [0.25, 0.3) is 0 Å². The molecule has 0 heterocycles. The van der Waals surface area contributed by atoms with E-state index in [1.807, 2.05) is 6.79 Å². The Bertz CT molecular complexity index is 1150. The van der Waals surface area contributed by atoms with Crippen LogP contribution in [0.2, 0.25) is 0 Å². The minimum absolute atomic E-state index is 0.00182. The molecular formula is C30H49N7O14S2-4. The normalized spacial score (nSPS) is 12.0. The Morgan fingerprint density at radius 2 is 1.13 bits per heavy atom. The van der Waals surface area contributed by atoms with Gasteiger partial charge in [0.2, 0.25) is 17.7 Å². The van der Waals surface area contributed by atoms with Crippen molar-refractivity contribution in [3.8, 4) is 0 Å². The van der Waals surface area contributed by atoms with E-state index < -0.39 is 74.1 Å². The molecule has 0 aromatic heterocycles. The molecule has 0 rings (SSSR count). The van der Waals surface area contributed by atoms with E-state index in [-0.39, 0.29) is 76.6 Å². The van der Waals surface area contributed by atoms with E-state index in [4.69, 9.17) is 9.90 Å². The average molecular weight is 796 g/mol. The second-order valence-electron chi connectivity index (χ2n) is 11.1. The van der Waals surface area contributed by atoms with Crippen LogP contribution >= 0.6 is 21.6 Å². The summed E-state index contributed by atoms with van der Waals surface area (Å²) in [5, 5.41) is 64.0. The van der Waals surface area contributed by atoms with Crippen molar-refractivity contribution in [3.63, 3.8) is 0 Å². The molecule has 0 spiro atoms. The van der Waals surface area contributed by atoms with Gasteiger partial charge in [0.05, 0.1) is 36.5 Å². The van der Waals surface area contributed by atoms with E-state index in [1.165, 1.54) is 45.4 Å². The van der Waals surface area contributed by atoms with Gasteiger partial charge in [0.1, 0.15) is 6.79 Å². The molecule has 0 aliphatic carbocycles. The van der Waals surface area contributed by atoms with Gasteiger partial charge in [-0.05, 0) is 26.8 Å². The van der Waals surface area contributed by atoms with Gasteiger partial charge in [0, 0.05) is 83.3 Å². The smallest absolute Gasteiger partial charge is 0.303 e. The molecule has 23 heteroatoms.